The van der Waals surface area contributed by atoms with Crippen molar-refractivity contribution < 1.29 is 17.6 Å². The largest absolute Gasteiger partial charge is 0.314 e. The third-order valence-electron chi connectivity index (χ3n) is 9.71. The zero-order chi connectivity index (χ0) is 37.7. The summed E-state index contributed by atoms with van der Waals surface area (Å²) in [6, 6.07) is 28.8. The van der Waals surface area contributed by atoms with Gasteiger partial charge in [-0.3, -0.25) is 13.8 Å². The van der Waals surface area contributed by atoms with Gasteiger partial charge < -0.3 is 0 Å². The molecule has 0 saturated carbocycles. The number of rotatable bonds is 4. The molecular weight excluding hydrogens is 725 g/mol. The van der Waals surface area contributed by atoms with Crippen LogP contribution in [0.15, 0.2) is 110 Å². The second-order valence-electron chi connectivity index (χ2n) is 12.7. The lowest BCUT2D eigenvalue weighted by Crippen LogP contribution is -2.27. The highest BCUT2D eigenvalue weighted by Crippen LogP contribution is 2.41. The van der Waals surface area contributed by atoms with Crippen molar-refractivity contribution in [3.63, 3.8) is 0 Å². The van der Waals surface area contributed by atoms with E-state index in [4.69, 9.17) is 15.0 Å². The number of nitrogens with zero attached hydrogens (tertiary/aromatic N) is 12. The number of benzene rings is 4. The molecule has 16 heteroatoms. The Morgan fingerprint density at radius 2 is 1.04 bits per heavy atom. The van der Waals surface area contributed by atoms with Crippen LogP contribution in [0.4, 0.5) is 17.6 Å². The summed E-state index contributed by atoms with van der Waals surface area (Å²) in [5.41, 5.74) is 5.08. The van der Waals surface area contributed by atoms with Crippen molar-refractivity contribution >= 4 is 60.5 Å². The van der Waals surface area contributed by atoms with Crippen LogP contribution in [0.5, 0.6) is 0 Å². The fourth-order valence-corrected chi connectivity index (χ4v) is 7.60. The predicted octanol–water partition coefficient (Wildman–Crippen LogP) is 6.61. The molecule has 0 bridgehead atoms. The van der Waals surface area contributed by atoms with Crippen LogP contribution in [0.2, 0.25) is 0 Å². The van der Waals surface area contributed by atoms with E-state index in [0.29, 0.717) is 49.3 Å². The van der Waals surface area contributed by atoms with Gasteiger partial charge in [0.25, 0.3) is 0 Å². The summed E-state index contributed by atoms with van der Waals surface area (Å²) in [6.45, 7) is 0. The molecule has 11 aromatic rings. The molecule has 0 N–H and O–H groups in total. The normalized spacial score (nSPS) is 11.9. The summed E-state index contributed by atoms with van der Waals surface area (Å²) in [5, 5.41) is 2.71. The van der Waals surface area contributed by atoms with Gasteiger partial charge in [0.05, 0.1) is 22.9 Å². The summed E-state index contributed by atoms with van der Waals surface area (Å²) in [7, 11) is 0. The zero-order valence-electron chi connectivity index (χ0n) is 28.3. The van der Waals surface area contributed by atoms with Crippen LogP contribution in [0.25, 0.3) is 82.9 Å². The maximum Gasteiger partial charge on any atom is 0.314 e. The Balaban J connectivity index is 1.54. The minimum atomic E-state index is -1.50. The summed E-state index contributed by atoms with van der Waals surface area (Å²) in [6.07, 6.45) is -1.39. The first-order chi connectivity index (χ1) is 27.4. The van der Waals surface area contributed by atoms with Gasteiger partial charge in [0.15, 0.2) is 22.9 Å². The number of hydrogen-bond donors (Lipinski definition) is 0. The summed E-state index contributed by atoms with van der Waals surface area (Å²) >= 11 is 0. The molecule has 0 radical (unpaired) electrons. The highest BCUT2D eigenvalue weighted by Gasteiger charge is 2.28. The van der Waals surface area contributed by atoms with Crippen LogP contribution in [0, 0.1) is 24.3 Å². The van der Waals surface area contributed by atoms with E-state index in [1.54, 1.807) is 15.0 Å². The van der Waals surface area contributed by atoms with Crippen LogP contribution >= 0.6 is 0 Å². The fraction of sp³-hybridized carbons (Fsp3) is 0. The Kier molecular flexibility index (Phi) is 6.67. The maximum atomic E-state index is 15.1. The molecule has 0 aliphatic carbocycles. The Morgan fingerprint density at radius 3 is 1.71 bits per heavy atom. The van der Waals surface area contributed by atoms with Gasteiger partial charge in [-0.25, -0.2) is 15.0 Å². The van der Waals surface area contributed by atoms with Crippen molar-refractivity contribution in [2.24, 2.45) is 0 Å². The highest BCUT2D eigenvalue weighted by molar-refractivity contribution is 6.25. The smallest absolute Gasteiger partial charge is 0.276 e. The van der Waals surface area contributed by atoms with Crippen molar-refractivity contribution in [1.29, 1.82) is 0 Å². The summed E-state index contributed by atoms with van der Waals surface area (Å²) in [4.78, 5) is 41.1. The first-order valence-corrected chi connectivity index (χ1v) is 17.0. The van der Waals surface area contributed by atoms with E-state index in [-0.39, 0.29) is 16.8 Å². The Hall–Kier alpha value is -7.88. The Labute approximate surface area is 309 Å². The Morgan fingerprint density at radius 1 is 0.464 bits per heavy atom. The number of fused-ring (bicyclic) bond motifs is 7. The molecule has 7 aromatic heterocycles. The molecule has 7 heterocycles. The van der Waals surface area contributed by atoms with Crippen molar-refractivity contribution in [2.45, 2.75) is 0 Å². The molecule has 0 aliphatic heterocycles. The predicted molar refractivity (Wildman–Crippen MR) is 197 cm³/mol. The van der Waals surface area contributed by atoms with Gasteiger partial charge in [-0.2, -0.15) is 47.5 Å². The molecule has 0 fully saturated rings. The Bertz CT molecular complexity index is 3390. The maximum absolute atomic E-state index is 15.1. The zero-order valence-corrected chi connectivity index (χ0v) is 28.3. The molecule has 4 aromatic carbocycles. The molecule has 0 atom stereocenters. The van der Waals surface area contributed by atoms with Crippen LogP contribution < -0.4 is 5.48 Å². The molecule has 0 amide bonds. The molecular formula is C40H18F4N12. The van der Waals surface area contributed by atoms with Crippen molar-refractivity contribution in [3.8, 4) is 22.4 Å². The second kappa shape index (κ2) is 11.8. The van der Waals surface area contributed by atoms with E-state index in [1.807, 2.05) is 91.0 Å². The standard InChI is InChI=1S/C40H18F4N12/c41-37-49-32(50-38(42)53-37)27(33-51-39(43)54-40(44)52-33)36-55-30-22(12-7-13-24(30)28-34(55)46-17-16-45-28)23-15-14-21(19-8-3-1-4-9-19)26-29-35(56(36)31(23)26)47-18-25(48-29)20-10-5-2-6-11-20/h1-18H. The lowest BCUT2D eigenvalue weighted by molar-refractivity contribution is 0.448. The van der Waals surface area contributed by atoms with E-state index in [1.165, 1.54) is 12.4 Å². The van der Waals surface area contributed by atoms with E-state index in [0.717, 1.165) is 16.7 Å². The molecule has 0 saturated heterocycles. The molecule has 11 rings (SSSR count). The highest BCUT2D eigenvalue weighted by atomic mass is 19.2. The van der Waals surface area contributed by atoms with E-state index < -0.39 is 41.5 Å². The second-order valence-corrected chi connectivity index (χ2v) is 12.7. The van der Waals surface area contributed by atoms with Crippen LogP contribution in [0.1, 0.15) is 11.6 Å². The quantitative estimate of drug-likeness (QED) is 0.181. The number of para-hydroxylation sites is 1. The molecule has 0 unspecified atom stereocenters. The minimum absolute atomic E-state index is 0.0290. The number of hydrogen-bond acceptors (Lipinski definition) is 10. The molecule has 266 valence electrons. The lowest BCUT2D eigenvalue weighted by Gasteiger charge is -2.09. The summed E-state index contributed by atoms with van der Waals surface area (Å²) in [5.74, 6) is -1.36. The van der Waals surface area contributed by atoms with Crippen LogP contribution in [-0.2, 0) is 0 Å². The van der Waals surface area contributed by atoms with Crippen molar-refractivity contribution in [2.75, 3.05) is 0 Å². The van der Waals surface area contributed by atoms with E-state index in [9.17, 15) is 0 Å². The monoisotopic (exact) mass is 742 g/mol. The third-order valence-corrected chi connectivity index (χ3v) is 9.71. The van der Waals surface area contributed by atoms with Crippen LogP contribution in [-0.4, -0.2) is 58.6 Å². The van der Waals surface area contributed by atoms with Gasteiger partial charge in [0.1, 0.15) is 22.1 Å². The molecule has 56 heavy (non-hydrogen) atoms. The van der Waals surface area contributed by atoms with Gasteiger partial charge >= 0.3 is 24.3 Å². The molecule has 12 nitrogen and oxygen atoms in total. The lowest BCUT2D eigenvalue weighted by atomic mass is 9.98. The van der Waals surface area contributed by atoms with Crippen LogP contribution in [0.3, 0.4) is 0 Å². The average Bonchev–Trinajstić information content (AvgIpc) is 3.68. The van der Waals surface area contributed by atoms with Gasteiger partial charge in [0.2, 0.25) is 0 Å². The first kappa shape index (κ1) is 31.6. The van der Waals surface area contributed by atoms with Gasteiger partial charge in [-0.15, -0.1) is 0 Å². The van der Waals surface area contributed by atoms with Gasteiger partial charge in [-0.1, -0.05) is 91.0 Å². The van der Waals surface area contributed by atoms with Gasteiger partial charge in [-0.05, 0) is 11.1 Å². The van der Waals surface area contributed by atoms with Gasteiger partial charge in [0, 0.05) is 39.5 Å². The fourth-order valence-electron chi connectivity index (χ4n) is 7.60. The first-order valence-electron chi connectivity index (χ1n) is 17.0. The summed E-state index contributed by atoms with van der Waals surface area (Å²) < 4.78 is 63.7. The van der Waals surface area contributed by atoms with E-state index >= 15 is 17.6 Å². The van der Waals surface area contributed by atoms with Crippen molar-refractivity contribution in [3.05, 3.63) is 151 Å². The minimum Gasteiger partial charge on any atom is -0.276 e. The average molecular weight is 743 g/mol. The number of aromatic nitrogens is 12. The SMILES string of the molecule is Fc1nc(F)nc(C(c2nc(F)nc(F)n2)=c2n3c4nccnc4c4cccc(c5ccc(-c6ccccc6)c6c7nc(-c8ccccc8)cnc7n2c56)c43)n1. The topological polar surface area (TPSA) is 138 Å². The van der Waals surface area contributed by atoms with E-state index in [2.05, 4.69) is 34.9 Å². The van der Waals surface area contributed by atoms with Crippen molar-refractivity contribution in [1.82, 2.24) is 58.6 Å². The molecule has 0 spiro atoms. The third kappa shape index (κ3) is 4.58. The molecule has 0 aliphatic rings. The number of halogens is 4.